The van der Waals surface area contributed by atoms with E-state index in [1.165, 1.54) is 20.3 Å². The monoisotopic (exact) mass is 443 g/mol. The third-order valence-electron chi connectivity index (χ3n) is 3.58. The Morgan fingerprint density at radius 2 is 1.66 bits per heavy atom. The molecule has 0 atom stereocenters. The molecule has 3 heterocycles. The van der Waals surface area contributed by atoms with Gasteiger partial charge in [-0.25, -0.2) is 9.59 Å². The van der Waals surface area contributed by atoms with Crippen molar-refractivity contribution in [1.82, 2.24) is 4.98 Å². The molecule has 11 heteroatoms. The normalized spacial score (nSPS) is 14.2. The average Bonchev–Trinajstić information content (AvgIpc) is 3.34. The van der Waals surface area contributed by atoms with Gasteiger partial charge in [0.25, 0.3) is 0 Å². The smallest absolute Gasteiger partial charge is 0.417 e. The van der Waals surface area contributed by atoms with Crippen LogP contribution >= 0.6 is 23.5 Å². The Labute approximate surface area is 171 Å². The molecule has 6 nitrogen and oxygen atoms in total. The Morgan fingerprint density at radius 3 is 2.14 bits per heavy atom. The average molecular weight is 443 g/mol. The van der Waals surface area contributed by atoms with Gasteiger partial charge < -0.3 is 13.9 Å². The minimum absolute atomic E-state index is 0.104. The standard InChI is InChI=1S/C18H12F3NO5S2/c1-25-16(23)14-15(17(24)26-2)29-13(28-14)7-10-4-6-12(27-10)11-5-3-9(8-22-11)18(19,20)21/h3-8H,1-2H3. The highest BCUT2D eigenvalue weighted by atomic mass is 32.2. The molecule has 152 valence electrons. The zero-order valence-electron chi connectivity index (χ0n) is 14.9. The number of esters is 2. The number of furan rings is 1. The summed E-state index contributed by atoms with van der Waals surface area (Å²) in [4.78, 5) is 27.7. The van der Waals surface area contributed by atoms with Crippen LogP contribution in [0.5, 0.6) is 0 Å². The van der Waals surface area contributed by atoms with Crippen molar-refractivity contribution in [3.8, 4) is 11.5 Å². The third kappa shape index (κ3) is 4.67. The summed E-state index contributed by atoms with van der Waals surface area (Å²) in [5.41, 5.74) is -0.622. The summed E-state index contributed by atoms with van der Waals surface area (Å²) in [6.07, 6.45) is -2.15. The fourth-order valence-electron chi connectivity index (χ4n) is 2.22. The van der Waals surface area contributed by atoms with Crippen molar-refractivity contribution in [2.24, 2.45) is 0 Å². The topological polar surface area (TPSA) is 78.6 Å². The molecule has 1 aliphatic rings. The molecule has 2 aromatic rings. The van der Waals surface area contributed by atoms with Crippen molar-refractivity contribution in [3.05, 3.63) is 55.8 Å². The molecule has 29 heavy (non-hydrogen) atoms. The Morgan fingerprint density at radius 1 is 1.03 bits per heavy atom. The molecule has 1 aliphatic heterocycles. The number of ether oxygens (including phenoxy) is 2. The van der Waals surface area contributed by atoms with Crippen molar-refractivity contribution in [1.29, 1.82) is 0 Å². The van der Waals surface area contributed by atoms with Crippen LogP contribution in [0.15, 0.2) is 48.9 Å². The second-order valence-corrected chi connectivity index (χ2v) is 7.80. The van der Waals surface area contributed by atoms with Crippen LogP contribution in [-0.4, -0.2) is 31.1 Å². The van der Waals surface area contributed by atoms with E-state index in [2.05, 4.69) is 14.5 Å². The number of aromatic nitrogens is 1. The lowest BCUT2D eigenvalue weighted by atomic mass is 10.2. The summed E-state index contributed by atoms with van der Waals surface area (Å²) in [7, 11) is 2.40. The Kier molecular flexibility index (Phi) is 6.08. The predicted molar refractivity (Wildman–Crippen MR) is 101 cm³/mol. The predicted octanol–water partition coefficient (Wildman–Crippen LogP) is 4.70. The van der Waals surface area contributed by atoms with Gasteiger partial charge in [-0.3, -0.25) is 4.98 Å². The number of hydrogen-bond donors (Lipinski definition) is 0. The van der Waals surface area contributed by atoms with Gasteiger partial charge in [0, 0.05) is 12.3 Å². The number of pyridine rings is 1. The number of carbonyl (C=O) groups is 2. The van der Waals surface area contributed by atoms with Crippen LogP contribution in [-0.2, 0) is 25.2 Å². The van der Waals surface area contributed by atoms with Gasteiger partial charge in [0.05, 0.1) is 24.0 Å². The molecule has 0 aromatic carbocycles. The molecule has 0 unspecified atom stereocenters. The molecule has 2 aromatic heterocycles. The van der Waals surface area contributed by atoms with E-state index < -0.39 is 23.7 Å². The summed E-state index contributed by atoms with van der Waals surface area (Å²) in [6.45, 7) is 0. The van der Waals surface area contributed by atoms with E-state index in [1.54, 1.807) is 18.2 Å². The van der Waals surface area contributed by atoms with Crippen molar-refractivity contribution in [2.75, 3.05) is 14.2 Å². The second-order valence-electron chi connectivity index (χ2n) is 5.44. The number of halogens is 3. The fraction of sp³-hybridized carbons (Fsp3) is 0.167. The van der Waals surface area contributed by atoms with Gasteiger partial charge >= 0.3 is 18.1 Å². The van der Waals surface area contributed by atoms with Gasteiger partial charge in [0.1, 0.15) is 21.3 Å². The lowest BCUT2D eigenvalue weighted by molar-refractivity contribution is -0.138. The highest BCUT2D eigenvalue weighted by Crippen LogP contribution is 2.50. The van der Waals surface area contributed by atoms with E-state index in [-0.39, 0.29) is 21.3 Å². The third-order valence-corrected chi connectivity index (χ3v) is 6.00. The second kappa shape index (κ2) is 8.37. The maximum absolute atomic E-state index is 12.6. The quantitative estimate of drug-likeness (QED) is 0.630. The lowest BCUT2D eigenvalue weighted by Gasteiger charge is -2.05. The maximum atomic E-state index is 12.6. The van der Waals surface area contributed by atoms with Crippen LogP contribution in [0.3, 0.4) is 0 Å². The van der Waals surface area contributed by atoms with E-state index >= 15 is 0 Å². The van der Waals surface area contributed by atoms with Crippen molar-refractivity contribution in [3.63, 3.8) is 0 Å². The van der Waals surface area contributed by atoms with Gasteiger partial charge in [-0.1, -0.05) is 23.5 Å². The lowest BCUT2D eigenvalue weighted by Crippen LogP contribution is -2.08. The maximum Gasteiger partial charge on any atom is 0.417 e. The molecule has 0 saturated carbocycles. The largest absolute Gasteiger partial charge is 0.465 e. The Bertz CT molecular complexity index is 979. The molecule has 0 amide bonds. The number of carbonyl (C=O) groups excluding carboxylic acids is 2. The number of thioether (sulfide) groups is 2. The van der Waals surface area contributed by atoms with Crippen molar-refractivity contribution >= 4 is 41.5 Å². The number of nitrogens with zero attached hydrogens (tertiary/aromatic N) is 1. The van der Waals surface area contributed by atoms with E-state index in [0.29, 0.717) is 10.00 Å². The van der Waals surface area contributed by atoms with Crippen LogP contribution < -0.4 is 0 Å². The minimum Gasteiger partial charge on any atom is -0.465 e. The van der Waals surface area contributed by atoms with Gasteiger partial charge in [0.15, 0.2) is 5.76 Å². The first-order chi connectivity index (χ1) is 13.7. The van der Waals surface area contributed by atoms with Crippen molar-refractivity contribution in [2.45, 2.75) is 6.18 Å². The van der Waals surface area contributed by atoms with Crippen LogP contribution in [0.25, 0.3) is 17.5 Å². The number of rotatable bonds is 4. The summed E-state index contributed by atoms with van der Waals surface area (Å²) in [5.74, 6) is -0.694. The van der Waals surface area contributed by atoms with Gasteiger partial charge in [-0.15, -0.1) is 0 Å². The van der Waals surface area contributed by atoms with Crippen LogP contribution in [0.1, 0.15) is 11.3 Å². The molecular formula is C18H12F3NO5S2. The molecule has 0 aliphatic carbocycles. The Balaban J connectivity index is 1.80. The molecule has 0 bridgehead atoms. The molecule has 0 saturated heterocycles. The number of alkyl halides is 3. The summed E-state index contributed by atoms with van der Waals surface area (Å²) in [5, 5.41) is 0. The SMILES string of the molecule is COC(=O)C1=C(C(=O)OC)SC(=Cc2ccc(-c3ccc(C(F)(F)F)cn3)o2)S1. The number of methoxy groups -OCH3 is 2. The zero-order chi connectivity index (χ0) is 21.2. The molecule has 0 radical (unpaired) electrons. The van der Waals surface area contributed by atoms with E-state index in [1.807, 2.05) is 0 Å². The summed E-state index contributed by atoms with van der Waals surface area (Å²) >= 11 is 2.05. The van der Waals surface area contributed by atoms with Gasteiger partial charge in [-0.05, 0) is 24.3 Å². The first kappa shape index (κ1) is 21.1. The van der Waals surface area contributed by atoms with Crippen LogP contribution in [0.2, 0.25) is 0 Å². The van der Waals surface area contributed by atoms with Gasteiger partial charge in [-0.2, -0.15) is 13.2 Å². The molecule has 0 spiro atoms. The van der Waals surface area contributed by atoms with Crippen LogP contribution in [0, 0.1) is 0 Å². The fourth-order valence-corrected chi connectivity index (χ4v) is 4.57. The molecule has 0 fully saturated rings. The van der Waals surface area contributed by atoms with Gasteiger partial charge in [0.2, 0.25) is 0 Å². The minimum atomic E-state index is -4.47. The summed E-state index contributed by atoms with van der Waals surface area (Å²) < 4.78 is 53.4. The molecular weight excluding hydrogens is 431 g/mol. The first-order valence-corrected chi connectivity index (χ1v) is 9.48. The highest BCUT2D eigenvalue weighted by molar-refractivity contribution is 8.29. The summed E-state index contributed by atoms with van der Waals surface area (Å²) in [6, 6.07) is 5.28. The van der Waals surface area contributed by atoms with E-state index in [0.717, 1.165) is 35.8 Å². The van der Waals surface area contributed by atoms with E-state index in [9.17, 15) is 22.8 Å². The van der Waals surface area contributed by atoms with Crippen LogP contribution in [0.4, 0.5) is 13.2 Å². The zero-order valence-corrected chi connectivity index (χ0v) is 16.5. The van der Waals surface area contributed by atoms with E-state index in [4.69, 9.17) is 4.42 Å². The Hall–Kier alpha value is -2.66. The highest BCUT2D eigenvalue weighted by Gasteiger charge is 2.33. The molecule has 0 N–H and O–H groups in total. The molecule has 3 rings (SSSR count). The number of hydrogen-bond acceptors (Lipinski definition) is 8. The first-order valence-electron chi connectivity index (χ1n) is 7.84. The van der Waals surface area contributed by atoms with Crippen molar-refractivity contribution < 1.29 is 36.7 Å².